The molecule has 0 fully saturated rings. The van der Waals surface area contributed by atoms with Crippen molar-refractivity contribution in [3.05, 3.63) is 33.8 Å². The maximum atomic E-state index is 12.1. The molecule has 0 spiro atoms. The van der Waals surface area contributed by atoms with Crippen LogP contribution < -0.4 is 0 Å². The largest absolute Gasteiger partial charge is 0.294 e. The first kappa shape index (κ1) is 15.5. The van der Waals surface area contributed by atoms with E-state index in [0.717, 1.165) is 12.8 Å². The molecule has 0 N–H and O–H groups in total. The van der Waals surface area contributed by atoms with Gasteiger partial charge in [0.25, 0.3) is 0 Å². The first-order valence-corrected chi connectivity index (χ1v) is 7.32. The van der Waals surface area contributed by atoms with E-state index in [-0.39, 0.29) is 5.78 Å². The summed E-state index contributed by atoms with van der Waals surface area (Å²) < 4.78 is 0. The number of carbonyl (C=O) groups excluding carboxylic acids is 1. The molecule has 100 valence electrons. The van der Waals surface area contributed by atoms with Crippen LogP contribution in [-0.2, 0) is 0 Å². The van der Waals surface area contributed by atoms with Gasteiger partial charge >= 0.3 is 0 Å². The molecule has 1 aromatic rings. The van der Waals surface area contributed by atoms with E-state index in [1.54, 1.807) is 18.2 Å². The number of carbonyl (C=O) groups is 1. The Balaban J connectivity index is 2.65. The Hall–Kier alpha value is -0.530. The van der Waals surface area contributed by atoms with Crippen molar-refractivity contribution in [2.45, 2.75) is 46.0 Å². The maximum Gasteiger partial charge on any atom is 0.163 e. The Bertz CT molecular complexity index is 401. The Labute approximate surface area is 119 Å². The van der Waals surface area contributed by atoms with Crippen molar-refractivity contribution in [1.29, 1.82) is 0 Å². The highest BCUT2D eigenvalue weighted by molar-refractivity contribution is 6.42. The van der Waals surface area contributed by atoms with Crippen molar-refractivity contribution in [1.82, 2.24) is 0 Å². The van der Waals surface area contributed by atoms with E-state index < -0.39 is 0 Å². The minimum absolute atomic E-state index is 0.163. The fourth-order valence-corrected chi connectivity index (χ4v) is 2.29. The molecule has 0 radical (unpaired) electrons. The zero-order valence-electron chi connectivity index (χ0n) is 11.0. The topological polar surface area (TPSA) is 17.1 Å². The molecule has 0 saturated heterocycles. The zero-order chi connectivity index (χ0) is 13.5. The third-order valence-electron chi connectivity index (χ3n) is 3.26. The Morgan fingerprint density at radius 3 is 2.50 bits per heavy atom. The Morgan fingerprint density at radius 1 is 1.22 bits per heavy atom. The first-order valence-electron chi connectivity index (χ1n) is 6.56. The summed E-state index contributed by atoms with van der Waals surface area (Å²) >= 11 is 11.8. The molecule has 0 bridgehead atoms. The lowest BCUT2D eigenvalue weighted by Crippen LogP contribution is -2.08. The standard InChI is InChI=1S/C15H20Cl2O/c1-3-5-6-11(4-2)9-15(18)12-7-8-13(16)14(17)10-12/h7-8,10-11H,3-6,9H2,1-2H3. The molecule has 1 nitrogen and oxygen atoms in total. The number of Topliss-reactive ketones (excluding diaryl/α,β-unsaturated/α-hetero) is 1. The number of benzene rings is 1. The molecule has 3 heteroatoms. The van der Waals surface area contributed by atoms with Gasteiger partial charge in [-0.15, -0.1) is 0 Å². The van der Waals surface area contributed by atoms with Crippen LogP contribution in [0.3, 0.4) is 0 Å². The van der Waals surface area contributed by atoms with Crippen LogP contribution in [0.1, 0.15) is 56.3 Å². The lowest BCUT2D eigenvalue weighted by atomic mass is 9.91. The summed E-state index contributed by atoms with van der Waals surface area (Å²) in [6, 6.07) is 5.10. The van der Waals surface area contributed by atoms with Gasteiger partial charge in [0.1, 0.15) is 0 Å². The van der Waals surface area contributed by atoms with Crippen LogP contribution in [0.25, 0.3) is 0 Å². The van der Waals surface area contributed by atoms with Gasteiger partial charge in [0.05, 0.1) is 10.0 Å². The monoisotopic (exact) mass is 286 g/mol. The van der Waals surface area contributed by atoms with E-state index in [1.807, 2.05) is 0 Å². The zero-order valence-corrected chi connectivity index (χ0v) is 12.5. The highest BCUT2D eigenvalue weighted by atomic mass is 35.5. The average Bonchev–Trinajstić information content (AvgIpc) is 2.37. The Kier molecular flexibility index (Phi) is 6.73. The summed E-state index contributed by atoms with van der Waals surface area (Å²) in [4.78, 5) is 12.1. The van der Waals surface area contributed by atoms with Gasteiger partial charge in [-0.1, -0.05) is 62.7 Å². The predicted octanol–water partition coefficient (Wildman–Crippen LogP) is 5.78. The highest BCUT2D eigenvalue weighted by Crippen LogP contribution is 2.25. The van der Waals surface area contributed by atoms with Crippen LogP contribution in [0.15, 0.2) is 18.2 Å². The summed E-state index contributed by atoms with van der Waals surface area (Å²) in [5.41, 5.74) is 0.666. The second kappa shape index (κ2) is 7.81. The SMILES string of the molecule is CCCCC(CC)CC(=O)c1ccc(Cl)c(Cl)c1. The molecule has 18 heavy (non-hydrogen) atoms. The number of ketones is 1. The lowest BCUT2D eigenvalue weighted by molar-refractivity contribution is 0.0957. The summed E-state index contributed by atoms with van der Waals surface area (Å²) in [5.74, 6) is 0.642. The highest BCUT2D eigenvalue weighted by Gasteiger charge is 2.14. The molecule has 0 aliphatic rings. The number of rotatable bonds is 7. The maximum absolute atomic E-state index is 12.1. The second-order valence-corrected chi connectivity index (χ2v) is 5.49. The minimum atomic E-state index is 0.163. The van der Waals surface area contributed by atoms with Crippen molar-refractivity contribution >= 4 is 29.0 Å². The van der Waals surface area contributed by atoms with E-state index in [2.05, 4.69) is 13.8 Å². The van der Waals surface area contributed by atoms with Gasteiger partial charge in [-0.25, -0.2) is 0 Å². The molecule has 0 aromatic heterocycles. The number of halogens is 2. The molecule has 1 aromatic carbocycles. The van der Waals surface area contributed by atoms with Crippen molar-refractivity contribution < 1.29 is 4.79 Å². The molecule has 0 aliphatic heterocycles. The molecule has 0 amide bonds. The van der Waals surface area contributed by atoms with E-state index in [0.29, 0.717) is 27.9 Å². The molecule has 1 atom stereocenters. The smallest absolute Gasteiger partial charge is 0.163 e. The summed E-state index contributed by atoms with van der Waals surface area (Å²) in [5, 5.41) is 0.940. The summed E-state index contributed by atoms with van der Waals surface area (Å²) in [6.45, 7) is 4.32. The molecule has 0 aliphatic carbocycles. The van der Waals surface area contributed by atoms with Crippen LogP contribution in [-0.4, -0.2) is 5.78 Å². The van der Waals surface area contributed by atoms with E-state index in [1.165, 1.54) is 12.8 Å². The second-order valence-electron chi connectivity index (χ2n) is 4.67. The van der Waals surface area contributed by atoms with Crippen LogP contribution in [0.5, 0.6) is 0 Å². The van der Waals surface area contributed by atoms with Crippen LogP contribution in [0.2, 0.25) is 10.0 Å². The first-order chi connectivity index (χ1) is 8.58. The summed E-state index contributed by atoms with van der Waals surface area (Å²) in [6.07, 6.45) is 5.15. The van der Waals surface area contributed by atoms with Gasteiger partial charge in [0.2, 0.25) is 0 Å². The van der Waals surface area contributed by atoms with Gasteiger partial charge in [-0.3, -0.25) is 4.79 Å². The quantitative estimate of drug-likeness (QED) is 0.581. The van der Waals surface area contributed by atoms with E-state index in [9.17, 15) is 4.79 Å². The van der Waals surface area contributed by atoms with Crippen LogP contribution in [0.4, 0.5) is 0 Å². The molecular weight excluding hydrogens is 267 g/mol. The summed E-state index contributed by atoms with van der Waals surface area (Å²) in [7, 11) is 0. The van der Waals surface area contributed by atoms with Crippen molar-refractivity contribution in [3.8, 4) is 0 Å². The normalized spacial score (nSPS) is 12.4. The van der Waals surface area contributed by atoms with Crippen LogP contribution >= 0.6 is 23.2 Å². The predicted molar refractivity (Wildman–Crippen MR) is 78.7 cm³/mol. The molecule has 1 rings (SSSR count). The molecule has 0 heterocycles. The van der Waals surface area contributed by atoms with Crippen molar-refractivity contribution in [2.24, 2.45) is 5.92 Å². The lowest BCUT2D eigenvalue weighted by Gasteiger charge is -2.13. The van der Waals surface area contributed by atoms with Gasteiger partial charge in [0.15, 0.2) is 5.78 Å². The molecular formula is C15H20Cl2O. The van der Waals surface area contributed by atoms with Gasteiger partial charge in [-0.05, 0) is 24.1 Å². The average molecular weight is 287 g/mol. The van der Waals surface area contributed by atoms with Gasteiger partial charge in [-0.2, -0.15) is 0 Å². The fourth-order valence-electron chi connectivity index (χ4n) is 1.99. The van der Waals surface area contributed by atoms with E-state index >= 15 is 0 Å². The Morgan fingerprint density at radius 2 is 1.94 bits per heavy atom. The van der Waals surface area contributed by atoms with Gasteiger partial charge < -0.3 is 0 Å². The minimum Gasteiger partial charge on any atom is -0.294 e. The number of hydrogen-bond acceptors (Lipinski definition) is 1. The third-order valence-corrected chi connectivity index (χ3v) is 4.00. The van der Waals surface area contributed by atoms with Gasteiger partial charge in [0, 0.05) is 12.0 Å². The van der Waals surface area contributed by atoms with Crippen molar-refractivity contribution in [2.75, 3.05) is 0 Å². The van der Waals surface area contributed by atoms with Crippen LogP contribution in [0, 0.1) is 5.92 Å². The van der Waals surface area contributed by atoms with E-state index in [4.69, 9.17) is 23.2 Å². The number of hydrogen-bond donors (Lipinski definition) is 0. The fraction of sp³-hybridized carbons (Fsp3) is 0.533. The molecule has 1 unspecified atom stereocenters. The number of unbranched alkanes of at least 4 members (excludes halogenated alkanes) is 1. The molecule has 0 saturated carbocycles. The third kappa shape index (κ3) is 4.62. The van der Waals surface area contributed by atoms with Crippen molar-refractivity contribution in [3.63, 3.8) is 0 Å².